The molecule has 14 heteroatoms. The summed E-state index contributed by atoms with van der Waals surface area (Å²) in [5, 5.41) is 46.9. The molecule has 1 aromatic heterocycles. The van der Waals surface area contributed by atoms with E-state index in [1.807, 2.05) is 66.7 Å². The minimum Gasteiger partial charge on any atom is -1.00 e. The fourth-order valence-electron chi connectivity index (χ4n) is 8.83. The first-order valence-corrected chi connectivity index (χ1v) is 21.9. The van der Waals surface area contributed by atoms with Crippen LogP contribution in [0.2, 0.25) is 0 Å². The number of allylic oxidation sites excluding steroid dienone is 6. The molecule has 0 atom stereocenters. The maximum absolute atomic E-state index is 13.2. The first kappa shape index (κ1) is 49.3. The van der Waals surface area contributed by atoms with E-state index in [1.54, 1.807) is 43.5 Å². The number of halogens is 1. The molecule has 2 aliphatic rings. The monoisotopic (exact) mass is 947 g/mol. The fraction of sp³-hybridized carbons (Fsp3) is 0.231. The van der Waals surface area contributed by atoms with Crippen molar-refractivity contribution in [1.29, 1.82) is 0 Å². The van der Waals surface area contributed by atoms with Crippen LogP contribution >= 0.6 is 0 Å². The number of amides is 2. The van der Waals surface area contributed by atoms with Crippen LogP contribution in [0.15, 0.2) is 158 Å². The van der Waals surface area contributed by atoms with Gasteiger partial charge in [-0.25, -0.2) is 0 Å². The average molecular weight is 949 g/mol. The van der Waals surface area contributed by atoms with Crippen molar-refractivity contribution >= 4 is 59.6 Å². The summed E-state index contributed by atoms with van der Waals surface area (Å²) in [5.41, 5.74) is 10.1. The van der Waals surface area contributed by atoms with Crippen LogP contribution in [0.25, 0.3) is 5.57 Å². The lowest BCUT2D eigenvalue weighted by molar-refractivity contribution is -0.454. The largest absolute Gasteiger partial charge is 1.00 e. The minimum atomic E-state index is -1.63. The van der Waals surface area contributed by atoms with Crippen LogP contribution in [0.1, 0.15) is 79.3 Å². The second kappa shape index (κ2) is 21.0. The zero-order valence-corrected chi connectivity index (χ0v) is 39.6. The highest BCUT2D eigenvalue weighted by molar-refractivity contribution is 6.59. The third kappa shape index (κ3) is 10.4. The molecule has 3 heterocycles. The van der Waals surface area contributed by atoms with E-state index >= 15 is 0 Å². The Labute approximate surface area is 398 Å². The van der Waals surface area contributed by atoms with E-state index in [2.05, 4.69) is 90.8 Å². The van der Waals surface area contributed by atoms with E-state index < -0.39 is 25.1 Å². The number of hydrogen-bond donors (Lipinski definition) is 6. The van der Waals surface area contributed by atoms with Gasteiger partial charge in [0, 0.05) is 77.0 Å². The number of benzene rings is 4. The molecule has 0 fully saturated rings. The van der Waals surface area contributed by atoms with E-state index in [4.69, 9.17) is 4.98 Å². The van der Waals surface area contributed by atoms with E-state index in [-0.39, 0.29) is 28.8 Å². The summed E-state index contributed by atoms with van der Waals surface area (Å²) in [4.78, 5) is 32.1. The molecule has 0 saturated carbocycles. The van der Waals surface area contributed by atoms with Crippen molar-refractivity contribution in [2.75, 3.05) is 18.0 Å². The Morgan fingerprint density at radius 3 is 2.05 bits per heavy atom. The summed E-state index contributed by atoms with van der Waals surface area (Å²) in [7, 11) is -3.26. The molecule has 6 N–H and O–H groups in total. The first-order chi connectivity index (χ1) is 31.1. The molecule has 338 valence electrons. The number of carbonyl (C=O) groups excluding carboxylic acids is 2. The van der Waals surface area contributed by atoms with E-state index in [0.29, 0.717) is 60.4 Å². The minimum absolute atomic E-state index is 0. The van der Waals surface area contributed by atoms with Gasteiger partial charge in [0.2, 0.25) is 11.6 Å². The SMILES string of the molecule is C=C(C)C(=O)NCCCNC(=O)c1ccc(C(=C\C=C2/N(Cc3ccccc3B(O)O)c3ccccc3C2(C)C)/C=C/C2=[N+](Cc3ccccc3B(O)O)c3ccccc3C2(C)C)nc1.[Br-]. The van der Waals surface area contributed by atoms with Crippen LogP contribution in [-0.2, 0) is 28.7 Å². The van der Waals surface area contributed by atoms with Gasteiger partial charge in [-0.05, 0) is 79.6 Å². The van der Waals surface area contributed by atoms with Gasteiger partial charge in [0.1, 0.15) is 0 Å². The Morgan fingerprint density at radius 2 is 1.38 bits per heavy atom. The quantitative estimate of drug-likeness (QED) is 0.0290. The van der Waals surface area contributed by atoms with E-state index in [9.17, 15) is 29.7 Å². The highest BCUT2D eigenvalue weighted by atomic mass is 79.9. The van der Waals surface area contributed by atoms with Crippen LogP contribution in [0.5, 0.6) is 0 Å². The Kier molecular flexibility index (Phi) is 15.7. The molecule has 4 aromatic carbocycles. The van der Waals surface area contributed by atoms with E-state index in [0.717, 1.165) is 50.6 Å². The van der Waals surface area contributed by atoms with Gasteiger partial charge in [0.15, 0.2) is 12.3 Å². The number of rotatable bonds is 16. The molecule has 5 aromatic rings. The molecule has 0 unspecified atom stereocenters. The first-order valence-electron chi connectivity index (χ1n) is 21.9. The molecule has 0 radical (unpaired) electrons. The molecular formula is C52H56B2BrN5O6. The topological polar surface area (TPSA) is 158 Å². The van der Waals surface area contributed by atoms with Gasteiger partial charge in [0.25, 0.3) is 5.91 Å². The molecule has 11 nitrogen and oxygen atoms in total. The number of nitrogens with one attached hydrogen (secondary N) is 2. The average Bonchev–Trinajstić information content (AvgIpc) is 3.64. The number of nitrogens with zero attached hydrogens (tertiary/aromatic N) is 3. The zero-order chi connectivity index (χ0) is 46.5. The number of anilines is 1. The highest BCUT2D eigenvalue weighted by Gasteiger charge is 2.45. The standard InChI is InChI=1S/C52H55B2N5O6.BrH/c1-35(2)49(60)55-30-15-31-56-50(61)37-24-27-44(57-32-37)36(25-28-47-51(3,4)40-18-9-13-22-45(40)58(47)33-38-16-7-11-20-42(38)53(62)63)26-29-48-52(5,6)41-19-10-14-23-46(41)59(48)34-39-17-8-12-21-43(39)54(64)65;/h7-14,16-29,32,62-65H,1,15,30-31,33-34H2,2-6H3,(H-,55,56,60,61);1H. The van der Waals surface area contributed by atoms with E-state index in [1.165, 1.54) is 0 Å². The van der Waals surface area contributed by atoms with Crippen molar-refractivity contribution in [3.8, 4) is 0 Å². The summed E-state index contributed by atoms with van der Waals surface area (Å²) in [6.07, 6.45) is 10.4. The zero-order valence-electron chi connectivity index (χ0n) is 38.0. The number of pyridine rings is 1. The van der Waals surface area contributed by atoms with Crippen molar-refractivity contribution < 1.29 is 51.2 Å². The van der Waals surface area contributed by atoms with Gasteiger partial charge in [0.05, 0.1) is 16.7 Å². The Bertz CT molecular complexity index is 2750. The summed E-state index contributed by atoms with van der Waals surface area (Å²) in [5.74, 6) is -0.498. The lowest BCUT2D eigenvalue weighted by Crippen LogP contribution is -3.00. The lowest BCUT2D eigenvalue weighted by atomic mass is 9.77. The molecular weight excluding hydrogens is 892 g/mol. The summed E-state index contributed by atoms with van der Waals surface area (Å²) in [6.45, 7) is 15.6. The van der Waals surface area contributed by atoms with Gasteiger partial charge in [-0.2, -0.15) is 4.58 Å². The number of aromatic nitrogens is 1. The predicted octanol–water partition coefficient (Wildman–Crippen LogP) is 2.36. The number of para-hydroxylation sites is 2. The normalized spacial score (nSPS) is 15.3. The maximum atomic E-state index is 13.2. The molecule has 7 rings (SSSR count). The van der Waals surface area contributed by atoms with Gasteiger partial charge < -0.3 is 52.6 Å². The maximum Gasteiger partial charge on any atom is 0.488 e. The third-order valence-corrected chi connectivity index (χ3v) is 12.4. The second-order valence-electron chi connectivity index (χ2n) is 17.6. The van der Waals surface area contributed by atoms with Crippen LogP contribution in [0, 0.1) is 0 Å². The second-order valence-corrected chi connectivity index (χ2v) is 17.6. The van der Waals surface area contributed by atoms with Crippen molar-refractivity contribution in [2.24, 2.45) is 0 Å². The van der Waals surface area contributed by atoms with Crippen LogP contribution in [0.4, 0.5) is 11.4 Å². The Hall–Kier alpha value is -6.15. The summed E-state index contributed by atoms with van der Waals surface area (Å²) < 4.78 is 2.22. The van der Waals surface area contributed by atoms with Crippen LogP contribution in [-0.4, -0.2) is 74.5 Å². The summed E-state index contributed by atoms with van der Waals surface area (Å²) >= 11 is 0. The van der Waals surface area contributed by atoms with Crippen molar-refractivity contribution in [3.05, 3.63) is 191 Å². The number of hydrogen-bond acceptors (Lipinski definition) is 8. The highest BCUT2D eigenvalue weighted by Crippen LogP contribution is 2.48. The Balaban J connectivity index is 0.00000720. The molecule has 0 bridgehead atoms. The molecule has 0 aliphatic carbocycles. The molecule has 2 amide bonds. The predicted molar refractivity (Wildman–Crippen MR) is 260 cm³/mol. The van der Waals surface area contributed by atoms with Gasteiger partial charge in [-0.1, -0.05) is 111 Å². The molecule has 0 spiro atoms. The summed E-state index contributed by atoms with van der Waals surface area (Å²) in [6, 6.07) is 34.8. The molecule has 66 heavy (non-hydrogen) atoms. The van der Waals surface area contributed by atoms with Crippen LogP contribution in [0.3, 0.4) is 0 Å². The smallest absolute Gasteiger partial charge is 0.488 e. The molecule has 2 aliphatic heterocycles. The van der Waals surface area contributed by atoms with Crippen molar-refractivity contribution in [1.82, 2.24) is 15.6 Å². The van der Waals surface area contributed by atoms with Gasteiger partial charge in [-0.15, -0.1) is 0 Å². The van der Waals surface area contributed by atoms with Crippen molar-refractivity contribution in [3.63, 3.8) is 0 Å². The van der Waals surface area contributed by atoms with Crippen LogP contribution < -0.4 is 43.4 Å². The number of carbonyl (C=O) groups is 2. The Morgan fingerprint density at radius 1 is 0.773 bits per heavy atom. The molecule has 0 saturated heterocycles. The fourth-order valence-corrected chi connectivity index (χ4v) is 8.83. The third-order valence-electron chi connectivity index (χ3n) is 12.4. The van der Waals surface area contributed by atoms with Gasteiger partial charge in [-0.3, -0.25) is 14.6 Å². The number of fused-ring (bicyclic) bond motifs is 2. The lowest BCUT2D eigenvalue weighted by Gasteiger charge is -2.28. The van der Waals surface area contributed by atoms with Crippen molar-refractivity contribution in [2.45, 2.75) is 65.0 Å². The van der Waals surface area contributed by atoms with Gasteiger partial charge >= 0.3 is 14.2 Å².